The van der Waals surface area contributed by atoms with Gasteiger partial charge >= 0.3 is 6.03 Å². The molecule has 29 heavy (non-hydrogen) atoms. The maximum Gasteiger partial charge on any atom is 0.322 e. The lowest BCUT2D eigenvalue weighted by Gasteiger charge is -2.23. The summed E-state index contributed by atoms with van der Waals surface area (Å²) < 4.78 is 16.5. The molecule has 2 amide bonds. The van der Waals surface area contributed by atoms with Crippen LogP contribution in [0.5, 0.6) is 11.5 Å². The Hall–Kier alpha value is -3.41. The number of benzene rings is 2. The van der Waals surface area contributed by atoms with Crippen molar-refractivity contribution in [2.45, 2.75) is 33.9 Å². The van der Waals surface area contributed by atoms with Gasteiger partial charge in [-0.3, -0.25) is 0 Å². The fraction of sp³-hybridized carbons (Fsp3) is 0.261. The maximum absolute atomic E-state index is 13.1. The highest BCUT2D eigenvalue weighted by Gasteiger charge is 2.20. The number of furan rings is 1. The second-order valence-electron chi connectivity index (χ2n) is 7.30. The molecule has 0 saturated heterocycles. The molecule has 1 aliphatic heterocycles. The first-order valence-electron chi connectivity index (χ1n) is 9.55. The predicted octanol–water partition coefficient (Wildman–Crippen LogP) is 5.17. The quantitative estimate of drug-likeness (QED) is 0.651. The Bertz CT molecular complexity index is 1040. The lowest BCUT2D eigenvalue weighted by Crippen LogP contribution is -2.34. The molecule has 0 spiro atoms. The van der Waals surface area contributed by atoms with E-state index in [4.69, 9.17) is 13.9 Å². The number of nitrogens with one attached hydrogen (secondary N) is 1. The van der Waals surface area contributed by atoms with Gasteiger partial charge in [-0.05, 0) is 62.2 Å². The Balaban J connectivity index is 1.56. The van der Waals surface area contributed by atoms with Gasteiger partial charge in [-0.25, -0.2) is 4.79 Å². The van der Waals surface area contributed by atoms with E-state index in [0.717, 1.165) is 39.6 Å². The van der Waals surface area contributed by atoms with E-state index in [-0.39, 0.29) is 12.8 Å². The van der Waals surface area contributed by atoms with Crippen LogP contribution in [0.1, 0.15) is 28.2 Å². The van der Waals surface area contributed by atoms with Crippen LogP contribution in [0.3, 0.4) is 0 Å². The van der Waals surface area contributed by atoms with Gasteiger partial charge in [0.05, 0.1) is 6.54 Å². The van der Waals surface area contributed by atoms with Crippen LogP contribution in [-0.4, -0.2) is 17.7 Å². The average Bonchev–Trinajstić information content (AvgIpc) is 3.31. The Labute approximate surface area is 170 Å². The van der Waals surface area contributed by atoms with Gasteiger partial charge < -0.3 is 24.1 Å². The molecule has 1 N–H and O–H groups in total. The zero-order valence-electron chi connectivity index (χ0n) is 16.8. The normalized spacial score (nSPS) is 12.1. The first kappa shape index (κ1) is 18.9. The minimum absolute atomic E-state index is 0.191. The smallest absolute Gasteiger partial charge is 0.322 e. The molecule has 0 fully saturated rings. The SMILES string of the molecule is Cc1ccc(NC(=O)N(Cc2ccc3c(c2)OCO3)Cc2ccc(C)o2)c(C)c1. The van der Waals surface area contributed by atoms with Crippen molar-refractivity contribution in [1.29, 1.82) is 0 Å². The number of hydrogen-bond acceptors (Lipinski definition) is 4. The van der Waals surface area contributed by atoms with Crippen LogP contribution in [0.2, 0.25) is 0 Å². The molecule has 2 heterocycles. The van der Waals surface area contributed by atoms with Gasteiger partial charge in [0.25, 0.3) is 0 Å². The lowest BCUT2D eigenvalue weighted by atomic mass is 10.1. The number of fused-ring (bicyclic) bond motifs is 1. The van der Waals surface area contributed by atoms with Gasteiger partial charge in [-0.1, -0.05) is 23.8 Å². The number of rotatable bonds is 5. The molecule has 150 valence electrons. The first-order chi connectivity index (χ1) is 14.0. The van der Waals surface area contributed by atoms with Crippen molar-refractivity contribution < 1.29 is 18.7 Å². The molecule has 0 aliphatic carbocycles. The van der Waals surface area contributed by atoms with Crippen LogP contribution in [-0.2, 0) is 13.1 Å². The number of urea groups is 1. The van der Waals surface area contributed by atoms with Crippen molar-refractivity contribution in [1.82, 2.24) is 4.90 Å². The topological polar surface area (TPSA) is 63.9 Å². The van der Waals surface area contributed by atoms with Crippen LogP contribution in [0, 0.1) is 20.8 Å². The molecule has 0 unspecified atom stereocenters. The van der Waals surface area contributed by atoms with Crippen molar-refractivity contribution in [3.05, 3.63) is 76.7 Å². The molecule has 0 atom stereocenters. The molecule has 6 heteroatoms. The summed E-state index contributed by atoms with van der Waals surface area (Å²) in [6.45, 7) is 6.90. The summed E-state index contributed by atoms with van der Waals surface area (Å²) in [5.74, 6) is 2.98. The third-order valence-electron chi connectivity index (χ3n) is 4.86. The van der Waals surface area contributed by atoms with Crippen molar-refractivity contribution in [3.8, 4) is 11.5 Å². The molecular formula is C23H24N2O4. The van der Waals surface area contributed by atoms with E-state index < -0.39 is 0 Å². The lowest BCUT2D eigenvalue weighted by molar-refractivity contribution is 0.174. The summed E-state index contributed by atoms with van der Waals surface area (Å²) in [4.78, 5) is 14.8. The zero-order chi connectivity index (χ0) is 20.4. The number of carbonyl (C=O) groups is 1. The highest BCUT2D eigenvalue weighted by molar-refractivity contribution is 5.90. The van der Waals surface area contributed by atoms with Crippen LogP contribution in [0.4, 0.5) is 10.5 Å². The Morgan fingerprint density at radius 1 is 0.966 bits per heavy atom. The number of hydrogen-bond donors (Lipinski definition) is 1. The molecule has 4 rings (SSSR count). The molecule has 2 aromatic carbocycles. The van der Waals surface area contributed by atoms with Gasteiger partial charge in [0.15, 0.2) is 11.5 Å². The number of carbonyl (C=O) groups excluding carboxylic acids is 1. The molecular weight excluding hydrogens is 368 g/mol. The number of anilines is 1. The molecule has 1 aliphatic rings. The van der Waals surface area contributed by atoms with Crippen LogP contribution >= 0.6 is 0 Å². The second-order valence-corrected chi connectivity index (χ2v) is 7.30. The monoisotopic (exact) mass is 392 g/mol. The van der Waals surface area contributed by atoms with Crippen molar-refractivity contribution in [3.63, 3.8) is 0 Å². The van der Waals surface area contributed by atoms with E-state index in [1.165, 1.54) is 0 Å². The molecule has 0 bridgehead atoms. The van der Waals surface area contributed by atoms with E-state index in [1.807, 2.05) is 69.3 Å². The fourth-order valence-corrected chi connectivity index (χ4v) is 3.37. The van der Waals surface area contributed by atoms with E-state index in [1.54, 1.807) is 4.90 Å². The summed E-state index contributed by atoms with van der Waals surface area (Å²) in [6.07, 6.45) is 0. The minimum Gasteiger partial charge on any atom is -0.464 e. The predicted molar refractivity (Wildman–Crippen MR) is 110 cm³/mol. The van der Waals surface area contributed by atoms with E-state index in [2.05, 4.69) is 5.32 Å². The Morgan fingerprint density at radius 3 is 2.55 bits per heavy atom. The third-order valence-corrected chi connectivity index (χ3v) is 4.86. The van der Waals surface area contributed by atoms with E-state index in [0.29, 0.717) is 18.8 Å². The maximum atomic E-state index is 13.1. The van der Waals surface area contributed by atoms with Gasteiger partial charge in [-0.15, -0.1) is 0 Å². The van der Waals surface area contributed by atoms with Gasteiger partial charge in [0.2, 0.25) is 6.79 Å². The van der Waals surface area contributed by atoms with Crippen molar-refractivity contribution in [2.75, 3.05) is 12.1 Å². The van der Waals surface area contributed by atoms with Crippen molar-refractivity contribution >= 4 is 11.7 Å². The Kier molecular flexibility index (Phi) is 5.16. The van der Waals surface area contributed by atoms with Crippen LogP contribution < -0.4 is 14.8 Å². The van der Waals surface area contributed by atoms with Gasteiger partial charge in [0.1, 0.15) is 11.5 Å². The number of nitrogens with zero attached hydrogens (tertiary/aromatic N) is 1. The number of amides is 2. The second kappa shape index (κ2) is 7.91. The van der Waals surface area contributed by atoms with E-state index in [9.17, 15) is 4.79 Å². The molecule has 0 radical (unpaired) electrons. The molecule has 3 aromatic rings. The standard InChI is InChI=1S/C23H24N2O4/c1-15-4-8-20(16(2)10-15)24-23(26)25(13-19-7-5-17(3)29-19)12-18-6-9-21-22(11-18)28-14-27-21/h4-11H,12-14H2,1-3H3,(H,24,26). The third kappa shape index (κ3) is 4.37. The number of aryl methyl sites for hydroxylation is 3. The first-order valence-corrected chi connectivity index (χ1v) is 9.55. The Morgan fingerprint density at radius 2 is 1.79 bits per heavy atom. The van der Waals surface area contributed by atoms with Gasteiger partial charge in [-0.2, -0.15) is 0 Å². The van der Waals surface area contributed by atoms with Crippen LogP contribution in [0.25, 0.3) is 0 Å². The highest BCUT2D eigenvalue weighted by atomic mass is 16.7. The summed E-state index contributed by atoms with van der Waals surface area (Å²) in [5.41, 5.74) is 3.93. The average molecular weight is 392 g/mol. The zero-order valence-corrected chi connectivity index (χ0v) is 16.8. The summed E-state index contributed by atoms with van der Waals surface area (Å²) in [6, 6.07) is 15.3. The van der Waals surface area contributed by atoms with Gasteiger partial charge in [0, 0.05) is 12.2 Å². The molecule has 6 nitrogen and oxygen atoms in total. The minimum atomic E-state index is -0.191. The van der Waals surface area contributed by atoms with Crippen LogP contribution in [0.15, 0.2) is 52.9 Å². The highest BCUT2D eigenvalue weighted by Crippen LogP contribution is 2.33. The largest absolute Gasteiger partial charge is 0.464 e. The molecule has 0 saturated carbocycles. The molecule has 1 aromatic heterocycles. The number of ether oxygens (including phenoxy) is 2. The summed E-state index contributed by atoms with van der Waals surface area (Å²) >= 11 is 0. The van der Waals surface area contributed by atoms with Crippen molar-refractivity contribution in [2.24, 2.45) is 0 Å². The summed E-state index contributed by atoms with van der Waals surface area (Å²) in [5, 5.41) is 3.03. The summed E-state index contributed by atoms with van der Waals surface area (Å²) in [7, 11) is 0. The van der Waals surface area contributed by atoms with E-state index >= 15 is 0 Å². The fourth-order valence-electron chi connectivity index (χ4n) is 3.37.